The van der Waals surface area contributed by atoms with Crippen LogP contribution in [0.25, 0.3) is 0 Å². The van der Waals surface area contributed by atoms with E-state index in [0.717, 1.165) is 51.9 Å². The summed E-state index contributed by atoms with van der Waals surface area (Å²) in [5.74, 6) is 0.951. The molecule has 5 nitrogen and oxygen atoms in total. The van der Waals surface area contributed by atoms with Gasteiger partial charge in [-0.3, -0.25) is 4.90 Å². The highest BCUT2D eigenvalue weighted by Gasteiger charge is 2.15. The van der Waals surface area contributed by atoms with Crippen molar-refractivity contribution in [2.75, 3.05) is 32.8 Å². The van der Waals surface area contributed by atoms with E-state index in [4.69, 9.17) is 9.73 Å². The smallest absolute Gasteiger partial charge is 0.191 e. The number of ether oxygens (including phenoxy) is 1. The number of morpholine rings is 1. The molecular formula is C20H33IN4O. The van der Waals surface area contributed by atoms with Gasteiger partial charge in [-0.05, 0) is 30.9 Å². The highest BCUT2D eigenvalue weighted by atomic mass is 127. The summed E-state index contributed by atoms with van der Waals surface area (Å²) in [6, 6.07) is 9.47. The number of nitrogens with one attached hydrogen (secondary N) is 2. The van der Waals surface area contributed by atoms with Crippen molar-refractivity contribution in [1.82, 2.24) is 15.5 Å². The molecule has 1 saturated heterocycles. The predicted octanol–water partition coefficient (Wildman–Crippen LogP) is 3.13. The predicted molar refractivity (Wildman–Crippen MR) is 118 cm³/mol. The van der Waals surface area contributed by atoms with E-state index in [9.17, 15) is 0 Å². The van der Waals surface area contributed by atoms with Gasteiger partial charge in [0.1, 0.15) is 0 Å². The molecule has 1 aliphatic heterocycles. The number of aliphatic imine (C=N–C) groups is 1. The maximum atomic E-state index is 5.41. The molecule has 2 aliphatic rings. The van der Waals surface area contributed by atoms with E-state index in [0.29, 0.717) is 6.04 Å². The summed E-state index contributed by atoms with van der Waals surface area (Å²) in [4.78, 5) is 7.21. The quantitative estimate of drug-likeness (QED) is 0.380. The van der Waals surface area contributed by atoms with Crippen LogP contribution in [-0.4, -0.2) is 49.7 Å². The molecule has 1 aliphatic carbocycles. The summed E-state index contributed by atoms with van der Waals surface area (Å²) in [6.07, 6.45) is 5.20. The normalized spacial score (nSPS) is 19.2. The van der Waals surface area contributed by atoms with Crippen LogP contribution >= 0.6 is 24.0 Å². The van der Waals surface area contributed by atoms with Gasteiger partial charge in [-0.2, -0.15) is 0 Å². The third-order valence-electron chi connectivity index (χ3n) is 4.99. The Balaban J connectivity index is 0.00000243. The van der Waals surface area contributed by atoms with E-state index in [1.807, 2.05) is 0 Å². The zero-order chi connectivity index (χ0) is 17.3. The number of hydrogen-bond donors (Lipinski definition) is 2. The maximum absolute atomic E-state index is 5.41. The lowest BCUT2D eigenvalue weighted by molar-refractivity contribution is 0.0342. The summed E-state index contributed by atoms with van der Waals surface area (Å²) < 4.78 is 5.41. The van der Waals surface area contributed by atoms with E-state index >= 15 is 0 Å². The van der Waals surface area contributed by atoms with Gasteiger partial charge in [0.05, 0.1) is 19.8 Å². The Morgan fingerprint density at radius 2 is 1.77 bits per heavy atom. The molecule has 0 amide bonds. The van der Waals surface area contributed by atoms with E-state index in [1.165, 1.54) is 36.8 Å². The molecule has 1 aromatic carbocycles. The first-order valence-corrected chi connectivity index (χ1v) is 9.76. The lowest BCUT2D eigenvalue weighted by atomic mass is 10.1. The van der Waals surface area contributed by atoms with Gasteiger partial charge in [-0.15, -0.1) is 24.0 Å². The second-order valence-corrected chi connectivity index (χ2v) is 7.03. The first-order valence-electron chi connectivity index (χ1n) is 9.76. The molecule has 0 atom stereocenters. The lowest BCUT2D eigenvalue weighted by Crippen LogP contribution is -2.42. The zero-order valence-electron chi connectivity index (χ0n) is 15.9. The molecular weight excluding hydrogens is 439 g/mol. The van der Waals surface area contributed by atoms with Gasteiger partial charge in [0.2, 0.25) is 0 Å². The Kier molecular flexibility index (Phi) is 9.71. The molecule has 1 aromatic rings. The van der Waals surface area contributed by atoms with Crippen molar-refractivity contribution in [2.45, 2.75) is 51.7 Å². The minimum Gasteiger partial charge on any atom is -0.379 e. The molecule has 3 rings (SSSR count). The number of halogens is 1. The van der Waals surface area contributed by atoms with Gasteiger partial charge in [0.25, 0.3) is 0 Å². The van der Waals surface area contributed by atoms with Crippen molar-refractivity contribution < 1.29 is 4.74 Å². The van der Waals surface area contributed by atoms with Crippen LogP contribution in [0.5, 0.6) is 0 Å². The van der Waals surface area contributed by atoms with E-state index in [1.54, 1.807) is 0 Å². The van der Waals surface area contributed by atoms with Crippen LogP contribution in [0, 0.1) is 0 Å². The second kappa shape index (κ2) is 11.8. The first kappa shape index (κ1) is 21.4. The Morgan fingerprint density at radius 1 is 1.12 bits per heavy atom. The summed E-state index contributed by atoms with van der Waals surface area (Å²) >= 11 is 0. The van der Waals surface area contributed by atoms with Crippen LogP contribution in [0.15, 0.2) is 29.3 Å². The Hall–Kier alpha value is -0.860. The summed E-state index contributed by atoms with van der Waals surface area (Å²) in [5, 5.41) is 6.94. The van der Waals surface area contributed by atoms with Gasteiger partial charge in [-0.25, -0.2) is 4.99 Å². The van der Waals surface area contributed by atoms with Crippen LogP contribution in [0.4, 0.5) is 0 Å². The molecule has 1 heterocycles. The fraction of sp³-hybridized carbons (Fsp3) is 0.650. The molecule has 26 heavy (non-hydrogen) atoms. The molecule has 2 fully saturated rings. The second-order valence-electron chi connectivity index (χ2n) is 7.03. The molecule has 1 saturated carbocycles. The number of guanidine groups is 1. The van der Waals surface area contributed by atoms with Gasteiger partial charge >= 0.3 is 0 Å². The van der Waals surface area contributed by atoms with Gasteiger partial charge in [-0.1, -0.05) is 37.1 Å². The average molecular weight is 472 g/mol. The number of rotatable bonds is 6. The standard InChI is InChI=1S/C20H32N4O.HI/c1-2-21-20(23-19-5-3-4-6-19)22-15-17-7-9-18(10-8-17)16-24-11-13-25-14-12-24;/h7-10,19H,2-6,11-16H2,1H3,(H2,21,22,23);1H. The fourth-order valence-electron chi connectivity index (χ4n) is 3.52. The maximum Gasteiger partial charge on any atom is 0.191 e. The minimum atomic E-state index is 0. The highest BCUT2D eigenvalue weighted by Crippen LogP contribution is 2.17. The van der Waals surface area contributed by atoms with Gasteiger partial charge < -0.3 is 15.4 Å². The number of benzene rings is 1. The lowest BCUT2D eigenvalue weighted by Gasteiger charge is -2.26. The van der Waals surface area contributed by atoms with Crippen molar-refractivity contribution in [3.05, 3.63) is 35.4 Å². The van der Waals surface area contributed by atoms with Crippen LogP contribution in [-0.2, 0) is 17.8 Å². The summed E-state index contributed by atoms with van der Waals surface area (Å²) in [6.45, 7) is 8.53. The molecule has 0 unspecified atom stereocenters. The molecule has 0 radical (unpaired) electrons. The first-order chi connectivity index (χ1) is 12.3. The SMILES string of the molecule is CCNC(=NCc1ccc(CN2CCOCC2)cc1)NC1CCCC1.I. The van der Waals surface area contributed by atoms with Crippen molar-refractivity contribution >= 4 is 29.9 Å². The molecule has 0 spiro atoms. The minimum absolute atomic E-state index is 0. The van der Waals surface area contributed by atoms with Gasteiger partial charge in [0.15, 0.2) is 5.96 Å². The van der Waals surface area contributed by atoms with Crippen LogP contribution < -0.4 is 10.6 Å². The summed E-state index contributed by atoms with van der Waals surface area (Å²) in [7, 11) is 0. The van der Waals surface area contributed by atoms with E-state index in [2.05, 4.69) is 46.7 Å². The van der Waals surface area contributed by atoms with Crippen molar-refractivity contribution in [1.29, 1.82) is 0 Å². The average Bonchev–Trinajstić information content (AvgIpc) is 3.15. The monoisotopic (exact) mass is 472 g/mol. The van der Waals surface area contributed by atoms with Crippen molar-refractivity contribution in [3.63, 3.8) is 0 Å². The topological polar surface area (TPSA) is 48.9 Å². The van der Waals surface area contributed by atoms with Crippen LogP contribution in [0.3, 0.4) is 0 Å². The Labute approximate surface area is 175 Å². The number of hydrogen-bond acceptors (Lipinski definition) is 3. The molecule has 0 bridgehead atoms. The third kappa shape index (κ3) is 7.04. The molecule has 0 aromatic heterocycles. The van der Waals surface area contributed by atoms with Crippen molar-refractivity contribution in [2.24, 2.45) is 4.99 Å². The number of nitrogens with zero attached hydrogens (tertiary/aromatic N) is 2. The van der Waals surface area contributed by atoms with Crippen molar-refractivity contribution in [3.8, 4) is 0 Å². The molecule has 2 N–H and O–H groups in total. The Bertz CT molecular complexity index is 537. The highest BCUT2D eigenvalue weighted by molar-refractivity contribution is 14.0. The largest absolute Gasteiger partial charge is 0.379 e. The fourth-order valence-corrected chi connectivity index (χ4v) is 3.52. The molecule has 146 valence electrons. The van der Waals surface area contributed by atoms with Gasteiger partial charge in [0, 0.05) is 32.2 Å². The van der Waals surface area contributed by atoms with E-state index < -0.39 is 0 Å². The molecule has 6 heteroatoms. The third-order valence-corrected chi connectivity index (χ3v) is 4.99. The Morgan fingerprint density at radius 3 is 2.42 bits per heavy atom. The van der Waals surface area contributed by atoms with E-state index in [-0.39, 0.29) is 24.0 Å². The van der Waals surface area contributed by atoms with Crippen LogP contribution in [0.1, 0.15) is 43.7 Å². The van der Waals surface area contributed by atoms with Crippen LogP contribution in [0.2, 0.25) is 0 Å². The summed E-state index contributed by atoms with van der Waals surface area (Å²) in [5.41, 5.74) is 2.62. The zero-order valence-corrected chi connectivity index (χ0v) is 18.2.